The van der Waals surface area contributed by atoms with Crippen molar-refractivity contribution in [3.8, 4) is 5.75 Å². The van der Waals surface area contributed by atoms with Crippen LogP contribution in [0, 0.1) is 3.57 Å². The Bertz CT molecular complexity index is 1510. The second-order valence-electron chi connectivity index (χ2n) is 10.3. The van der Waals surface area contributed by atoms with Gasteiger partial charge in [0.05, 0.1) is 0 Å². The van der Waals surface area contributed by atoms with Gasteiger partial charge in [-0.2, -0.15) is 0 Å². The predicted octanol–water partition coefficient (Wildman–Crippen LogP) is 5.09. The summed E-state index contributed by atoms with van der Waals surface area (Å²) in [6.45, 7) is 5.73. The van der Waals surface area contributed by atoms with Gasteiger partial charge < -0.3 is 0 Å². The summed E-state index contributed by atoms with van der Waals surface area (Å²) in [6, 6.07) is 12.6. The number of halogens is 1. The molecule has 6 rings (SSSR count). The number of fused-ring (bicyclic) bond motifs is 6. The molecule has 2 aromatic carbocycles. The molecule has 0 saturated carbocycles. The van der Waals surface area contributed by atoms with E-state index in [2.05, 4.69) is 11.1 Å². The minimum absolute atomic E-state index is 0.118. The van der Waals surface area contributed by atoms with E-state index in [-0.39, 0.29) is 28.6 Å². The van der Waals surface area contributed by atoms with E-state index >= 15 is 0 Å². The van der Waals surface area contributed by atoms with Crippen molar-refractivity contribution in [2.45, 2.75) is 44.6 Å². The van der Waals surface area contributed by atoms with Crippen LogP contribution in [0.5, 0.6) is 5.75 Å². The number of phenolic OH excluding ortho intramolecular Hbond substituents is 1. The first-order valence-electron chi connectivity index (χ1n) is 13.1. The van der Waals surface area contributed by atoms with E-state index in [9.17, 15) is 17.8 Å². The number of benzene rings is 2. The zero-order chi connectivity index (χ0) is 27.3. The third kappa shape index (κ3) is 4.57. The van der Waals surface area contributed by atoms with Crippen molar-refractivity contribution in [1.29, 1.82) is 0 Å². The number of aromatic hydroxyl groups is 1. The molecule has 4 heterocycles. The van der Waals surface area contributed by atoms with Crippen molar-refractivity contribution in [2.75, 3.05) is 24.8 Å². The maximum atomic E-state index is 13.7. The zero-order valence-corrected chi connectivity index (χ0v) is 24.0. The molecule has 9 nitrogen and oxygen atoms in total. The Morgan fingerprint density at radius 2 is 1.97 bits per heavy atom. The fourth-order valence-electron chi connectivity index (χ4n) is 5.79. The molecule has 2 saturated heterocycles. The molecule has 39 heavy (non-hydrogen) atoms. The normalized spacial score (nSPS) is 23.4. The first-order valence-corrected chi connectivity index (χ1v) is 17.8. The van der Waals surface area contributed by atoms with Gasteiger partial charge in [-0.3, -0.25) is 0 Å². The molecule has 3 aliphatic heterocycles. The molecule has 3 atom stereocenters. The van der Waals surface area contributed by atoms with Crippen LogP contribution < -0.4 is 0 Å². The number of hydrogen-bond donors (Lipinski definition) is 1. The Morgan fingerprint density at radius 3 is 2.69 bits per heavy atom. The second kappa shape index (κ2) is 10.1. The molecule has 3 amide bonds. The summed E-state index contributed by atoms with van der Waals surface area (Å²) in [6.07, 6.45) is 2.57. The number of phenols is 1. The van der Waals surface area contributed by atoms with E-state index in [0.717, 1.165) is 50.6 Å². The Morgan fingerprint density at radius 1 is 1.18 bits per heavy atom. The molecular weight excluding hydrogens is 613 g/mol. The maximum absolute atomic E-state index is 13.7. The van der Waals surface area contributed by atoms with E-state index in [1.54, 1.807) is 21.1 Å². The molecule has 2 bridgehead atoms. The molecule has 0 spiro atoms. The topological polar surface area (TPSA) is 101 Å². The third-order valence-corrected chi connectivity index (χ3v) is 13.4. The number of carbonyl (C=O) groups is 2. The van der Waals surface area contributed by atoms with Gasteiger partial charge in [0.25, 0.3) is 0 Å². The van der Waals surface area contributed by atoms with Gasteiger partial charge in [0.1, 0.15) is 0 Å². The molecule has 3 aromatic rings. The van der Waals surface area contributed by atoms with Crippen molar-refractivity contribution in [3.05, 3.63) is 73.5 Å². The predicted molar refractivity (Wildman–Crippen MR) is 154 cm³/mol. The number of urea groups is 1. The van der Waals surface area contributed by atoms with Crippen LogP contribution in [-0.4, -0.2) is 62.5 Å². The van der Waals surface area contributed by atoms with E-state index in [4.69, 9.17) is 9.47 Å². The summed E-state index contributed by atoms with van der Waals surface area (Å²) >= 11 is -3.81. The monoisotopic (exact) mass is 645 g/mol. The molecule has 3 unspecified atom stereocenters. The number of ether oxygens (including phenoxy) is 2. The number of hydrogen-bond acceptors (Lipinski definition) is 6. The average Bonchev–Trinajstić information content (AvgIpc) is 3.26. The number of rotatable bonds is 7. The van der Waals surface area contributed by atoms with Crippen LogP contribution in [0.25, 0.3) is 10.9 Å². The molecule has 1 aromatic heterocycles. The number of nitrogens with zero attached hydrogens (tertiary/aromatic N) is 3. The molecule has 3 aliphatic rings. The number of carbonyl (C=O) groups excluding carboxylic acids is 2. The second-order valence-corrected chi connectivity index (χ2v) is 16.9. The molecule has 1 N–H and O–H groups in total. The first-order chi connectivity index (χ1) is 18.8. The van der Waals surface area contributed by atoms with E-state index < -0.39 is 24.3 Å². The molecule has 2 fully saturated rings. The Labute approximate surface area is 230 Å². The van der Waals surface area contributed by atoms with Crippen molar-refractivity contribution in [2.24, 2.45) is 0 Å². The Balaban J connectivity index is 1.31. The Hall–Kier alpha value is -3.09. The summed E-state index contributed by atoms with van der Waals surface area (Å²) < 4.78 is 29.8. The van der Waals surface area contributed by atoms with Gasteiger partial charge in [0.2, 0.25) is 0 Å². The quantitative estimate of drug-likeness (QED) is 0.284. The summed E-state index contributed by atoms with van der Waals surface area (Å²) in [7, 11) is 1.52. The minimum atomic E-state index is -3.81. The molecule has 0 radical (unpaired) electrons. The zero-order valence-electron chi connectivity index (χ0n) is 21.8. The van der Waals surface area contributed by atoms with E-state index in [1.165, 1.54) is 11.9 Å². The summed E-state index contributed by atoms with van der Waals surface area (Å²) in [5, 5.41) is 11.1. The Kier molecular flexibility index (Phi) is 6.80. The van der Waals surface area contributed by atoms with E-state index in [1.807, 2.05) is 30.3 Å². The number of alkyl halides is 1. The van der Waals surface area contributed by atoms with Crippen molar-refractivity contribution in [3.63, 3.8) is 0 Å². The molecule has 10 heteroatoms. The number of imide groups is 1. The van der Waals surface area contributed by atoms with Crippen LogP contribution in [0.3, 0.4) is 0 Å². The van der Waals surface area contributed by atoms with Gasteiger partial charge in [-0.25, -0.2) is 0 Å². The van der Waals surface area contributed by atoms with Crippen molar-refractivity contribution < 1.29 is 27.2 Å². The average molecular weight is 645 g/mol. The van der Waals surface area contributed by atoms with E-state index in [0.29, 0.717) is 26.2 Å². The van der Waals surface area contributed by atoms with Crippen LogP contribution in [0.2, 0.25) is 0 Å². The summed E-state index contributed by atoms with van der Waals surface area (Å²) in [5.41, 5.74) is 3.64. The molecular formula is C29H32IN3O6. The molecule has 0 aliphatic carbocycles. The van der Waals surface area contributed by atoms with Gasteiger partial charge >= 0.3 is 232 Å². The fraction of sp³-hybridized carbons (Fsp3) is 0.379. The van der Waals surface area contributed by atoms with Crippen molar-refractivity contribution in [1.82, 2.24) is 14.4 Å². The van der Waals surface area contributed by atoms with Crippen LogP contribution in [-0.2, 0) is 30.4 Å². The van der Waals surface area contributed by atoms with Crippen molar-refractivity contribution >= 4 is 41.3 Å². The van der Waals surface area contributed by atoms with Gasteiger partial charge in [-0.15, -0.1) is 0 Å². The SMILES string of the molecule is C=CI(=O)(COC1CCCCO1)c1ccc(Cn2c3c(c4cc(O)ccc42)C2CN(C3)C(=O)N(C)C2=O)cc1. The van der Waals surface area contributed by atoms with Crippen LogP contribution >= 0.6 is 18.4 Å². The van der Waals surface area contributed by atoms with Gasteiger partial charge in [0, 0.05) is 0 Å². The van der Waals surface area contributed by atoms with Gasteiger partial charge in [-0.05, 0) is 0 Å². The number of likely N-dealkylation sites (N-methyl/N-ethyl adjacent to an activating group) is 1. The van der Waals surface area contributed by atoms with Gasteiger partial charge in [0.15, 0.2) is 0 Å². The fourth-order valence-corrected chi connectivity index (χ4v) is 9.43. The number of aromatic nitrogens is 1. The van der Waals surface area contributed by atoms with Crippen LogP contribution in [0.1, 0.15) is 42.0 Å². The van der Waals surface area contributed by atoms with Gasteiger partial charge in [-0.1, -0.05) is 0 Å². The standard InChI is InChI=1S/C29H32IN3O6/c1-3-30(37,18-39-26-6-4-5-13-38-26)20-9-7-19(8-10-20)15-33-24-12-11-21(34)14-22(24)27-23-16-32(17-25(27)33)29(36)31(2)28(23)35/h3,7-12,14,23,26,34H,1,4-6,13,15-18H2,2H3. The molecule has 206 valence electrons. The first kappa shape index (κ1) is 26.1. The third-order valence-electron chi connectivity index (χ3n) is 7.90. The van der Waals surface area contributed by atoms with Crippen LogP contribution in [0.15, 0.2) is 53.1 Å². The summed E-state index contributed by atoms with van der Waals surface area (Å²) in [5.74, 6) is -0.572. The summed E-state index contributed by atoms with van der Waals surface area (Å²) in [4.78, 5) is 28.7. The number of amides is 3. The van der Waals surface area contributed by atoms with Crippen LogP contribution in [0.4, 0.5) is 4.79 Å².